The molecule has 3 aromatic rings. The van der Waals surface area contributed by atoms with E-state index in [0.717, 1.165) is 18.4 Å². The van der Waals surface area contributed by atoms with Crippen LogP contribution in [0.5, 0.6) is 11.6 Å². The Morgan fingerprint density at radius 3 is 2.65 bits per heavy atom. The Hall–Kier alpha value is -3.17. The fourth-order valence-corrected chi connectivity index (χ4v) is 5.07. The number of nitrogens with zero attached hydrogens (tertiary/aromatic N) is 2. The molecule has 0 saturated carbocycles. The summed E-state index contributed by atoms with van der Waals surface area (Å²) < 4.78 is 38.1. The first kappa shape index (κ1) is 21.1. The molecule has 1 N–H and O–H groups in total. The summed E-state index contributed by atoms with van der Waals surface area (Å²) in [6.45, 7) is 2.74. The summed E-state index contributed by atoms with van der Waals surface area (Å²) in [6, 6.07) is 14.1. The standard InChI is InChI=1S/C22H23N3O5S/c1-16-20(31(27,28)25-11-5-6-12-25)14-19(29-16)22(26)24-15-17-9-10-23-21(13-17)30-18-7-3-2-4-8-18/h2-4,7-10,13-14H,5-6,11-12,15H2,1H3,(H,24,26). The molecule has 1 amide bonds. The topological polar surface area (TPSA) is 102 Å². The van der Waals surface area contributed by atoms with Crippen LogP contribution in [0.15, 0.2) is 64.0 Å². The van der Waals surface area contributed by atoms with Crippen LogP contribution in [0.4, 0.5) is 0 Å². The number of ether oxygens (including phenoxy) is 1. The molecule has 1 fully saturated rings. The average Bonchev–Trinajstić information content (AvgIpc) is 3.44. The van der Waals surface area contributed by atoms with Gasteiger partial charge in [0.2, 0.25) is 15.9 Å². The number of aryl methyl sites for hydroxylation is 1. The van der Waals surface area contributed by atoms with Gasteiger partial charge >= 0.3 is 0 Å². The molecule has 1 aliphatic heterocycles. The van der Waals surface area contributed by atoms with Crippen molar-refractivity contribution in [3.05, 3.63) is 71.8 Å². The highest BCUT2D eigenvalue weighted by Gasteiger charge is 2.31. The van der Waals surface area contributed by atoms with Gasteiger partial charge in [0, 0.05) is 38.0 Å². The summed E-state index contributed by atoms with van der Waals surface area (Å²) in [4.78, 5) is 16.8. The Morgan fingerprint density at radius 1 is 1.16 bits per heavy atom. The predicted octanol–water partition coefficient (Wildman–Crippen LogP) is 3.49. The van der Waals surface area contributed by atoms with Crippen LogP contribution in [0.25, 0.3) is 0 Å². The van der Waals surface area contributed by atoms with Crippen LogP contribution in [0.1, 0.15) is 34.7 Å². The van der Waals surface area contributed by atoms with Crippen molar-refractivity contribution in [2.75, 3.05) is 13.1 Å². The van der Waals surface area contributed by atoms with Crippen molar-refractivity contribution < 1.29 is 22.4 Å². The zero-order valence-electron chi connectivity index (χ0n) is 17.1. The van der Waals surface area contributed by atoms with Gasteiger partial charge in [0.05, 0.1) is 0 Å². The molecule has 1 aliphatic rings. The highest BCUT2D eigenvalue weighted by Crippen LogP contribution is 2.26. The molecule has 1 aromatic carbocycles. The van der Waals surface area contributed by atoms with Crippen LogP contribution in [0.2, 0.25) is 0 Å². The fourth-order valence-electron chi connectivity index (χ4n) is 3.40. The van der Waals surface area contributed by atoms with Crippen molar-refractivity contribution in [1.29, 1.82) is 0 Å². The number of carbonyl (C=O) groups excluding carboxylic acids is 1. The lowest BCUT2D eigenvalue weighted by Gasteiger charge is -2.14. The number of sulfonamides is 1. The van der Waals surface area contributed by atoms with Crippen molar-refractivity contribution in [3.63, 3.8) is 0 Å². The minimum absolute atomic E-state index is 0.0370. The van der Waals surface area contributed by atoms with E-state index in [4.69, 9.17) is 9.15 Å². The van der Waals surface area contributed by atoms with Gasteiger partial charge in [-0.05, 0) is 43.5 Å². The number of carbonyl (C=O) groups is 1. The van der Waals surface area contributed by atoms with E-state index in [2.05, 4.69) is 10.3 Å². The van der Waals surface area contributed by atoms with Crippen LogP contribution in [-0.2, 0) is 16.6 Å². The van der Waals surface area contributed by atoms with E-state index < -0.39 is 15.9 Å². The van der Waals surface area contributed by atoms with Gasteiger partial charge in [0.25, 0.3) is 5.91 Å². The van der Waals surface area contributed by atoms with Gasteiger partial charge in [0.1, 0.15) is 16.4 Å². The zero-order valence-corrected chi connectivity index (χ0v) is 17.9. The highest BCUT2D eigenvalue weighted by molar-refractivity contribution is 7.89. The first-order valence-corrected chi connectivity index (χ1v) is 11.4. The number of hydrogen-bond acceptors (Lipinski definition) is 6. The smallest absolute Gasteiger partial charge is 0.287 e. The number of amides is 1. The third-order valence-electron chi connectivity index (χ3n) is 5.00. The summed E-state index contributed by atoms with van der Waals surface area (Å²) in [5, 5.41) is 2.74. The summed E-state index contributed by atoms with van der Waals surface area (Å²) in [5.74, 6) is 0.748. The molecule has 1 saturated heterocycles. The van der Waals surface area contributed by atoms with E-state index in [9.17, 15) is 13.2 Å². The lowest BCUT2D eigenvalue weighted by Crippen LogP contribution is -2.28. The number of rotatable bonds is 7. The van der Waals surface area contributed by atoms with Crippen LogP contribution >= 0.6 is 0 Å². The summed E-state index contributed by atoms with van der Waals surface area (Å²) in [6.07, 6.45) is 3.27. The molecule has 0 bridgehead atoms. The van der Waals surface area contributed by atoms with Gasteiger partial charge in [-0.3, -0.25) is 4.79 Å². The Morgan fingerprint density at radius 2 is 1.90 bits per heavy atom. The van der Waals surface area contributed by atoms with Crippen LogP contribution in [0.3, 0.4) is 0 Å². The highest BCUT2D eigenvalue weighted by atomic mass is 32.2. The van der Waals surface area contributed by atoms with E-state index in [1.54, 1.807) is 25.3 Å². The molecule has 3 heterocycles. The van der Waals surface area contributed by atoms with E-state index in [0.29, 0.717) is 24.7 Å². The second-order valence-electron chi connectivity index (χ2n) is 7.24. The third-order valence-corrected chi connectivity index (χ3v) is 7.00. The van der Waals surface area contributed by atoms with Crippen LogP contribution in [-0.4, -0.2) is 36.7 Å². The van der Waals surface area contributed by atoms with Gasteiger partial charge in [-0.1, -0.05) is 18.2 Å². The minimum atomic E-state index is -3.65. The number of furan rings is 1. The largest absolute Gasteiger partial charge is 0.455 e. The molecule has 0 aliphatic carbocycles. The lowest BCUT2D eigenvalue weighted by atomic mass is 10.2. The number of aromatic nitrogens is 1. The maximum Gasteiger partial charge on any atom is 0.287 e. The monoisotopic (exact) mass is 441 g/mol. The Balaban J connectivity index is 1.42. The number of pyridine rings is 1. The second kappa shape index (κ2) is 8.91. The molecular weight excluding hydrogens is 418 g/mol. The fraction of sp³-hybridized carbons (Fsp3) is 0.273. The van der Waals surface area contributed by atoms with E-state index in [1.807, 2.05) is 30.3 Å². The van der Waals surface area contributed by atoms with Gasteiger partial charge < -0.3 is 14.5 Å². The lowest BCUT2D eigenvalue weighted by molar-refractivity contribution is 0.0921. The maximum atomic E-state index is 12.8. The predicted molar refractivity (Wildman–Crippen MR) is 113 cm³/mol. The molecule has 0 radical (unpaired) electrons. The molecule has 0 atom stereocenters. The minimum Gasteiger partial charge on any atom is -0.455 e. The number of para-hydroxylation sites is 1. The summed E-state index contributed by atoms with van der Waals surface area (Å²) in [7, 11) is -3.65. The SMILES string of the molecule is Cc1oc(C(=O)NCc2ccnc(Oc3ccccc3)c2)cc1S(=O)(=O)N1CCCC1. The molecule has 0 spiro atoms. The quantitative estimate of drug-likeness (QED) is 0.602. The van der Waals surface area contributed by atoms with Gasteiger partial charge in [0.15, 0.2) is 5.76 Å². The summed E-state index contributed by atoms with van der Waals surface area (Å²) in [5.41, 5.74) is 0.780. The van der Waals surface area contributed by atoms with Crippen LogP contribution < -0.4 is 10.1 Å². The molecular formula is C22H23N3O5S. The van der Waals surface area contributed by atoms with E-state index in [-0.39, 0.29) is 23.0 Å². The van der Waals surface area contributed by atoms with E-state index >= 15 is 0 Å². The molecule has 31 heavy (non-hydrogen) atoms. The molecule has 162 valence electrons. The third kappa shape index (κ3) is 4.78. The normalized spacial score (nSPS) is 14.5. The van der Waals surface area contributed by atoms with Gasteiger partial charge in [-0.2, -0.15) is 4.31 Å². The average molecular weight is 442 g/mol. The number of benzene rings is 1. The second-order valence-corrected chi connectivity index (χ2v) is 9.15. The summed E-state index contributed by atoms with van der Waals surface area (Å²) >= 11 is 0. The van der Waals surface area contributed by atoms with E-state index in [1.165, 1.54) is 10.4 Å². The molecule has 4 rings (SSSR count). The molecule has 0 unspecified atom stereocenters. The van der Waals surface area contributed by atoms with Gasteiger partial charge in [-0.15, -0.1) is 0 Å². The van der Waals surface area contributed by atoms with Crippen molar-refractivity contribution in [2.24, 2.45) is 0 Å². The van der Waals surface area contributed by atoms with Crippen molar-refractivity contribution in [3.8, 4) is 11.6 Å². The zero-order chi connectivity index (χ0) is 21.8. The maximum absolute atomic E-state index is 12.8. The Bertz CT molecular complexity index is 1170. The van der Waals surface area contributed by atoms with Crippen molar-refractivity contribution in [2.45, 2.75) is 31.2 Å². The first-order valence-electron chi connectivity index (χ1n) is 10.00. The number of nitrogens with one attached hydrogen (secondary N) is 1. The van der Waals surface area contributed by atoms with Gasteiger partial charge in [-0.25, -0.2) is 13.4 Å². The number of hydrogen-bond donors (Lipinski definition) is 1. The Labute approximate surface area is 180 Å². The molecule has 8 nitrogen and oxygen atoms in total. The van der Waals surface area contributed by atoms with Crippen LogP contribution in [0, 0.1) is 6.92 Å². The van der Waals surface area contributed by atoms with Crippen molar-refractivity contribution in [1.82, 2.24) is 14.6 Å². The Kier molecular flexibility index (Phi) is 6.06. The van der Waals surface area contributed by atoms with Crippen molar-refractivity contribution >= 4 is 15.9 Å². The molecule has 2 aromatic heterocycles. The molecule has 9 heteroatoms. The first-order chi connectivity index (χ1) is 14.9.